The Morgan fingerprint density at radius 3 is 2.31 bits per heavy atom. The molecule has 2 rings (SSSR count). The molecule has 0 atom stereocenters. The number of hydrogen-bond donors (Lipinski definition) is 1. The molecule has 0 saturated carbocycles. The fourth-order valence-electron chi connectivity index (χ4n) is 1.41. The summed E-state index contributed by atoms with van der Waals surface area (Å²) in [4.78, 5) is 0. The second kappa shape index (κ2) is 5.51. The van der Waals surface area contributed by atoms with Crippen molar-refractivity contribution < 1.29 is 0 Å². The maximum Gasteiger partial charge on any atom is 0.0401 e. The van der Waals surface area contributed by atoms with Gasteiger partial charge in [0.05, 0.1) is 0 Å². The van der Waals surface area contributed by atoms with Crippen molar-refractivity contribution >= 4 is 37.5 Å². The molecule has 0 saturated heterocycles. The molecule has 0 aliphatic carbocycles. The van der Waals surface area contributed by atoms with E-state index in [4.69, 9.17) is 0 Å². The van der Waals surface area contributed by atoms with E-state index in [1.807, 2.05) is 24.3 Å². The van der Waals surface area contributed by atoms with Crippen LogP contribution in [0.1, 0.15) is 5.56 Å². The van der Waals surface area contributed by atoms with Crippen LogP contribution in [-0.2, 0) is 6.54 Å². The third-order valence-corrected chi connectivity index (χ3v) is 4.13. The molecule has 82 valence electrons. The van der Waals surface area contributed by atoms with Gasteiger partial charge in [-0.15, -0.1) is 0 Å². The van der Waals surface area contributed by atoms with E-state index in [0.29, 0.717) is 0 Å². The second-order valence-electron chi connectivity index (χ2n) is 3.47. The highest BCUT2D eigenvalue weighted by molar-refractivity contribution is 9.13. The molecule has 0 aromatic heterocycles. The van der Waals surface area contributed by atoms with Crippen molar-refractivity contribution in [2.75, 3.05) is 5.32 Å². The first-order chi connectivity index (χ1) is 7.75. The van der Waals surface area contributed by atoms with E-state index in [9.17, 15) is 0 Å². The van der Waals surface area contributed by atoms with Gasteiger partial charge >= 0.3 is 0 Å². The van der Waals surface area contributed by atoms with Crippen molar-refractivity contribution in [2.24, 2.45) is 0 Å². The fraction of sp³-hybridized carbons (Fsp3) is 0.0769. The lowest BCUT2D eigenvalue weighted by Crippen LogP contribution is -1.98. The molecule has 2 aromatic rings. The van der Waals surface area contributed by atoms with Gasteiger partial charge in [-0.3, -0.25) is 0 Å². The molecular formula is C13H11Br2N. The third-order valence-electron chi connectivity index (χ3n) is 2.25. The Morgan fingerprint density at radius 1 is 0.875 bits per heavy atom. The van der Waals surface area contributed by atoms with Gasteiger partial charge in [-0.25, -0.2) is 0 Å². The van der Waals surface area contributed by atoms with Crippen LogP contribution >= 0.6 is 31.9 Å². The van der Waals surface area contributed by atoms with E-state index in [2.05, 4.69) is 61.4 Å². The Morgan fingerprint density at radius 2 is 1.62 bits per heavy atom. The maximum absolute atomic E-state index is 3.50. The van der Waals surface area contributed by atoms with Gasteiger partial charge in [-0.1, -0.05) is 24.3 Å². The molecule has 0 aliphatic heterocycles. The average molecular weight is 341 g/mol. The Kier molecular flexibility index (Phi) is 4.02. The third kappa shape index (κ3) is 3.09. The minimum absolute atomic E-state index is 0.829. The monoisotopic (exact) mass is 339 g/mol. The lowest BCUT2D eigenvalue weighted by atomic mass is 10.2. The van der Waals surface area contributed by atoms with E-state index < -0.39 is 0 Å². The Balaban J connectivity index is 2.03. The zero-order chi connectivity index (χ0) is 11.4. The molecule has 0 radical (unpaired) electrons. The molecule has 0 amide bonds. The molecule has 0 unspecified atom stereocenters. The van der Waals surface area contributed by atoms with E-state index >= 15 is 0 Å². The van der Waals surface area contributed by atoms with Crippen LogP contribution < -0.4 is 5.32 Å². The van der Waals surface area contributed by atoms with E-state index in [1.165, 1.54) is 5.56 Å². The highest BCUT2D eigenvalue weighted by atomic mass is 79.9. The molecule has 0 spiro atoms. The molecule has 0 fully saturated rings. The predicted molar refractivity (Wildman–Crippen MR) is 75.6 cm³/mol. The maximum atomic E-state index is 3.50. The normalized spacial score (nSPS) is 10.1. The van der Waals surface area contributed by atoms with Gasteiger partial charge in [-0.05, 0) is 61.7 Å². The first-order valence-corrected chi connectivity index (χ1v) is 6.57. The summed E-state index contributed by atoms with van der Waals surface area (Å²) in [6.45, 7) is 0.829. The van der Waals surface area contributed by atoms with Crippen molar-refractivity contribution in [3.8, 4) is 0 Å². The lowest BCUT2D eigenvalue weighted by molar-refractivity contribution is 1.14. The quantitative estimate of drug-likeness (QED) is 0.844. The second-order valence-corrected chi connectivity index (χ2v) is 5.18. The zero-order valence-corrected chi connectivity index (χ0v) is 11.8. The van der Waals surface area contributed by atoms with Crippen LogP contribution in [-0.4, -0.2) is 0 Å². The van der Waals surface area contributed by atoms with E-state index in [0.717, 1.165) is 21.2 Å². The summed E-state index contributed by atoms with van der Waals surface area (Å²) in [5.74, 6) is 0. The first-order valence-electron chi connectivity index (χ1n) is 4.98. The minimum Gasteiger partial charge on any atom is -0.381 e. The average Bonchev–Trinajstić information content (AvgIpc) is 2.32. The smallest absolute Gasteiger partial charge is 0.0401 e. The summed E-state index contributed by atoms with van der Waals surface area (Å²) < 4.78 is 2.16. The largest absolute Gasteiger partial charge is 0.381 e. The minimum atomic E-state index is 0.829. The topological polar surface area (TPSA) is 12.0 Å². The van der Waals surface area contributed by atoms with Gasteiger partial charge in [-0.2, -0.15) is 0 Å². The Labute approximate surface area is 112 Å². The molecule has 1 N–H and O–H groups in total. The standard InChI is InChI=1S/C13H11Br2N/c14-12-7-6-10(8-13(12)15)9-16-11-4-2-1-3-5-11/h1-8,16H,9H2. The molecule has 0 bridgehead atoms. The number of hydrogen-bond acceptors (Lipinski definition) is 1. The van der Waals surface area contributed by atoms with E-state index in [-0.39, 0.29) is 0 Å². The fourth-order valence-corrected chi connectivity index (χ4v) is 2.08. The number of rotatable bonds is 3. The molecule has 1 nitrogen and oxygen atoms in total. The summed E-state index contributed by atoms with van der Waals surface area (Å²) in [5, 5.41) is 3.37. The van der Waals surface area contributed by atoms with Crippen molar-refractivity contribution in [1.29, 1.82) is 0 Å². The lowest BCUT2D eigenvalue weighted by Gasteiger charge is -2.07. The van der Waals surface area contributed by atoms with Crippen LogP contribution in [0.5, 0.6) is 0 Å². The number of para-hydroxylation sites is 1. The molecule has 0 heterocycles. The number of nitrogens with one attached hydrogen (secondary N) is 1. The number of anilines is 1. The van der Waals surface area contributed by atoms with Crippen LogP contribution in [0.2, 0.25) is 0 Å². The first kappa shape index (κ1) is 11.7. The van der Waals surface area contributed by atoms with Gasteiger partial charge in [0.1, 0.15) is 0 Å². The van der Waals surface area contributed by atoms with Crippen LogP contribution in [0.15, 0.2) is 57.5 Å². The van der Waals surface area contributed by atoms with Gasteiger partial charge < -0.3 is 5.32 Å². The summed E-state index contributed by atoms with van der Waals surface area (Å²) in [5.41, 5.74) is 2.39. The van der Waals surface area contributed by atoms with Gasteiger partial charge in [0.2, 0.25) is 0 Å². The molecule has 0 aliphatic rings. The SMILES string of the molecule is Brc1ccc(CNc2ccccc2)cc1Br. The van der Waals surface area contributed by atoms with Gasteiger partial charge in [0.15, 0.2) is 0 Å². The summed E-state index contributed by atoms with van der Waals surface area (Å²) in [7, 11) is 0. The highest BCUT2D eigenvalue weighted by Crippen LogP contribution is 2.24. The molecule has 3 heteroatoms. The van der Waals surface area contributed by atoms with Gasteiger partial charge in [0.25, 0.3) is 0 Å². The molecule has 16 heavy (non-hydrogen) atoms. The predicted octanol–water partition coefficient (Wildman–Crippen LogP) is 4.82. The van der Waals surface area contributed by atoms with Crippen LogP contribution in [0, 0.1) is 0 Å². The van der Waals surface area contributed by atoms with Crippen molar-refractivity contribution in [2.45, 2.75) is 6.54 Å². The van der Waals surface area contributed by atoms with E-state index in [1.54, 1.807) is 0 Å². The molecular weight excluding hydrogens is 330 g/mol. The summed E-state index contributed by atoms with van der Waals surface area (Å²) in [6, 6.07) is 16.5. The van der Waals surface area contributed by atoms with Crippen molar-refractivity contribution in [3.63, 3.8) is 0 Å². The Hall–Kier alpha value is -0.800. The van der Waals surface area contributed by atoms with Crippen molar-refractivity contribution in [1.82, 2.24) is 0 Å². The Bertz CT molecular complexity index is 469. The van der Waals surface area contributed by atoms with Crippen LogP contribution in [0.3, 0.4) is 0 Å². The number of halogens is 2. The van der Waals surface area contributed by atoms with Crippen LogP contribution in [0.4, 0.5) is 5.69 Å². The summed E-state index contributed by atoms with van der Waals surface area (Å²) in [6.07, 6.45) is 0. The zero-order valence-electron chi connectivity index (χ0n) is 8.58. The highest BCUT2D eigenvalue weighted by Gasteiger charge is 1.98. The number of benzene rings is 2. The van der Waals surface area contributed by atoms with Gasteiger partial charge in [0, 0.05) is 21.2 Å². The summed E-state index contributed by atoms with van der Waals surface area (Å²) >= 11 is 6.96. The van der Waals surface area contributed by atoms with Crippen molar-refractivity contribution in [3.05, 3.63) is 63.0 Å². The van der Waals surface area contributed by atoms with Crippen LogP contribution in [0.25, 0.3) is 0 Å². The molecule has 2 aromatic carbocycles.